The smallest absolute Gasteiger partial charge is 0.256 e. The number of benzene rings is 1. The molecular weight excluding hydrogens is 338 g/mol. The predicted octanol–water partition coefficient (Wildman–Crippen LogP) is 4.34. The van der Waals surface area contributed by atoms with Crippen LogP contribution in [0.15, 0.2) is 48.8 Å². The first-order valence-corrected chi connectivity index (χ1v) is 9.15. The number of carbonyl (C=O) groups is 1. The zero-order chi connectivity index (χ0) is 18.8. The highest BCUT2D eigenvalue weighted by Crippen LogP contribution is 2.27. The molecule has 0 atom stereocenters. The first-order chi connectivity index (χ1) is 13.2. The molecule has 27 heavy (non-hydrogen) atoms. The van der Waals surface area contributed by atoms with Gasteiger partial charge in [0, 0.05) is 29.9 Å². The van der Waals surface area contributed by atoms with E-state index < -0.39 is 0 Å². The number of carbonyl (C=O) groups excluding carboxylic acids is 1. The lowest BCUT2D eigenvalue weighted by molar-refractivity contribution is 0.102. The molecular formula is C21H21N5O. The summed E-state index contributed by atoms with van der Waals surface area (Å²) < 4.78 is 1.89. The Morgan fingerprint density at radius 1 is 1.15 bits per heavy atom. The second-order valence-corrected chi connectivity index (χ2v) is 6.67. The molecule has 6 heteroatoms. The van der Waals surface area contributed by atoms with Crippen LogP contribution in [0.1, 0.15) is 35.7 Å². The fourth-order valence-corrected chi connectivity index (χ4v) is 3.10. The second-order valence-electron chi connectivity index (χ2n) is 6.67. The molecule has 0 saturated carbocycles. The van der Waals surface area contributed by atoms with Gasteiger partial charge < -0.3 is 5.32 Å². The van der Waals surface area contributed by atoms with E-state index >= 15 is 0 Å². The average Bonchev–Trinajstić information content (AvgIpc) is 3.01. The Morgan fingerprint density at radius 3 is 2.74 bits per heavy atom. The van der Waals surface area contributed by atoms with Crippen molar-refractivity contribution in [1.82, 2.24) is 19.7 Å². The van der Waals surface area contributed by atoms with Crippen molar-refractivity contribution in [3.05, 3.63) is 59.9 Å². The van der Waals surface area contributed by atoms with Crippen LogP contribution in [0.4, 0.5) is 5.82 Å². The molecule has 4 rings (SSSR count). The number of fused-ring (bicyclic) bond motifs is 2. The number of anilines is 1. The largest absolute Gasteiger partial charge is 0.304 e. The summed E-state index contributed by atoms with van der Waals surface area (Å²) in [6.45, 7) is 4.96. The van der Waals surface area contributed by atoms with Crippen LogP contribution in [0.25, 0.3) is 21.9 Å². The summed E-state index contributed by atoms with van der Waals surface area (Å²) in [5, 5.41) is 9.46. The number of pyridine rings is 2. The zero-order valence-electron chi connectivity index (χ0n) is 15.4. The molecule has 1 N–H and O–H groups in total. The first kappa shape index (κ1) is 17.1. The van der Waals surface area contributed by atoms with E-state index in [9.17, 15) is 4.79 Å². The predicted molar refractivity (Wildman–Crippen MR) is 107 cm³/mol. The van der Waals surface area contributed by atoms with Gasteiger partial charge >= 0.3 is 0 Å². The molecule has 0 unspecified atom stereocenters. The molecule has 0 spiro atoms. The summed E-state index contributed by atoms with van der Waals surface area (Å²) in [5.41, 5.74) is 3.45. The van der Waals surface area contributed by atoms with Gasteiger partial charge in [-0.2, -0.15) is 5.10 Å². The summed E-state index contributed by atoms with van der Waals surface area (Å²) >= 11 is 0. The van der Waals surface area contributed by atoms with Crippen molar-refractivity contribution in [2.45, 2.75) is 33.2 Å². The van der Waals surface area contributed by atoms with Crippen LogP contribution in [-0.2, 0) is 6.54 Å². The van der Waals surface area contributed by atoms with Crippen molar-refractivity contribution in [2.24, 2.45) is 0 Å². The lowest BCUT2D eigenvalue weighted by atomic mass is 10.1. The number of hydrogen-bond donors (Lipinski definition) is 1. The monoisotopic (exact) mass is 359 g/mol. The number of nitrogens with zero attached hydrogens (tertiary/aromatic N) is 4. The minimum absolute atomic E-state index is 0.205. The number of nitrogens with one attached hydrogen (secondary N) is 1. The van der Waals surface area contributed by atoms with Crippen molar-refractivity contribution in [2.75, 3.05) is 5.32 Å². The molecule has 4 aromatic rings. The highest BCUT2D eigenvalue weighted by Gasteiger charge is 2.16. The van der Waals surface area contributed by atoms with Crippen molar-refractivity contribution < 1.29 is 4.79 Å². The van der Waals surface area contributed by atoms with Crippen LogP contribution in [0.3, 0.4) is 0 Å². The number of aryl methyl sites for hydroxylation is 2. The molecule has 6 nitrogen and oxygen atoms in total. The molecule has 0 fully saturated rings. The Morgan fingerprint density at radius 2 is 1.96 bits per heavy atom. The van der Waals surface area contributed by atoms with E-state index in [0.717, 1.165) is 41.3 Å². The molecule has 1 aromatic carbocycles. The van der Waals surface area contributed by atoms with Gasteiger partial charge in [-0.15, -0.1) is 0 Å². The van der Waals surface area contributed by atoms with Gasteiger partial charge in [-0.1, -0.05) is 25.5 Å². The standard InChI is InChI=1S/C21H21N5O/c1-3-4-11-26-20-17(13-16-6-5-14(2)12-18(16)23-20)19(25-26)24-21(27)15-7-9-22-10-8-15/h5-10,12-13H,3-4,11H2,1-2H3,(H,24,25,27). The van der Waals surface area contributed by atoms with Crippen LogP contribution in [-0.4, -0.2) is 25.7 Å². The Hall–Kier alpha value is -3.28. The van der Waals surface area contributed by atoms with Crippen molar-refractivity contribution in [3.8, 4) is 0 Å². The molecule has 0 aliphatic rings. The third-order valence-corrected chi connectivity index (χ3v) is 4.57. The molecule has 0 bridgehead atoms. The fraction of sp³-hybridized carbons (Fsp3) is 0.238. The molecule has 0 radical (unpaired) electrons. The molecule has 1 amide bonds. The number of aromatic nitrogens is 4. The van der Waals surface area contributed by atoms with E-state index in [4.69, 9.17) is 4.98 Å². The topological polar surface area (TPSA) is 72.7 Å². The Kier molecular flexibility index (Phi) is 4.54. The molecule has 3 heterocycles. The molecule has 0 aliphatic heterocycles. The van der Waals surface area contributed by atoms with Crippen LogP contribution < -0.4 is 5.32 Å². The lowest BCUT2D eigenvalue weighted by Crippen LogP contribution is -2.13. The maximum atomic E-state index is 12.6. The third kappa shape index (κ3) is 3.38. The average molecular weight is 359 g/mol. The Labute approximate surface area is 157 Å². The van der Waals surface area contributed by atoms with Crippen molar-refractivity contribution in [1.29, 1.82) is 0 Å². The minimum atomic E-state index is -0.205. The third-order valence-electron chi connectivity index (χ3n) is 4.57. The van der Waals surface area contributed by atoms with E-state index in [1.165, 1.54) is 5.56 Å². The summed E-state index contributed by atoms with van der Waals surface area (Å²) in [4.78, 5) is 21.4. The van der Waals surface area contributed by atoms with Gasteiger partial charge in [0.05, 0.1) is 10.9 Å². The number of unbranched alkanes of at least 4 members (excludes halogenated alkanes) is 1. The molecule has 3 aromatic heterocycles. The molecule has 0 aliphatic carbocycles. The number of hydrogen-bond acceptors (Lipinski definition) is 4. The molecule has 0 saturated heterocycles. The van der Waals surface area contributed by atoms with E-state index in [-0.39, 0.29) is 5.91 Å². The van der Waals surface area contributed by atoms with Crippen LogP contribution in [0.5, 0.6) is 0 Å². The molecule has 136 valence electrons. The fourth-order valence-electron chi connectivity index (χ4n) is 3.10. The maximum absolute atomic E-state index is 12.6. The van der Waals surface area contributed by atoms with E-state index in [1.54, 1.807) is 24.5 Å². The van der Waals surface area contributed by atoms with Crippen LogP contribution in [0.2, 0.25) is 0 Å². The van der Waals surface area contributed by atoms with Gasteiger partial charge in [0.15, 0.2) is 11.5 Å². The zero-order valence-corrected chi connectivity index (χ0v) is 15.4. The Bertz CT molecular complexity index is 1120. The van der Waals surface area contributed by atoms with Crippen LogP contribution in [0, 0.1) is 6.92 Å². The Balaban J connectivity index is 1.81. The summed E-state index contributed by atoms with van der Waals surface area (Å²) in [7, 11) is 0. The van der Waals surface area contributed by atoms with Gasteiger partial charge in [0.2, 0.25) is 0 Å². The number of amides is 1. The summed E-state index contributed by atoms with van der Waals surface area (Å²) in [6, 6.07) is 11.6. The maximum Gasteiger partial charge on any atom is 0.256 e. The summed E-state index contributed by atoms with van der Waals surface area (Å²) in [6.07, 6.45) is 5.27. The van der Waals surface area contributed by atoms with E-state index in [2.05, 4.69) is 53.5 Å². The van der Waals surface area contributed by atoms with Gasteiger partial charge in [-0.05, 0) is 43.2 Å². The van der Waals surface area contributed by atoms with E-state index in [1.807, 2.05) is 4.68 Å². The van der Waals surface area contributed by atoms with Gasteiger partial charge in [-0.25, -0.2) is 9.67 Å². The van der Waals surface area contributed by atoms with Crippen molar-refractivity contribution in [3.63, 3.8) is 0 Å². The highest BCUT2D eigenvalue weighted by atomic mass is 16.1. The highest BCUT2D eigenvalue weighted by molar-refractivity contribution is 6.08. The normalized spacial score (nSPS) is 11.2. The van der Waals surface area contributed by atoms with Gasteiger partial charge in [0.25, 0.3) is 5.91 Å². The quantitative estimate of drug-likeness (QED) is 0.575. The van der Waals surface area contributed by atoms with Crippen molar-refractivity contribution >= 4 is 33.7 Å². The van der Waals surface area contributed by atoms with Gasteiger partial charge in [0.1, 0.15) is 0 Å². The second kappa shape index (κ2) is 7.15. The van der Waals surface area contributed by atoms with E-state index in [0.29, 0.717) is 11.4 Å². The SMILES string of the molecule is CCCCn1nc(NC(=O)c2ccncc2)c2cc3ccc(C)cc3nc21. The first-order valence-electron chi connectivity index (χ1n) is 9.15. The lowest BCUT2D eigenvalue weighted by Gasteiger charge is -2.03. The minimum Gasteiger partial charge on any atom is -0.304 e. The number of rotatable bonds is 5. The summed E-state index contributed by atoms with van der Waals surface area (Å²) in [5.74, 6) is 0.335. The van der Waals surface area contributed by atoms with Crippen LogP contribution >= 0.6 is 0 Å². The van der Waals surface area contributed by atoms with Gasteiger partial charge in [-0.3, -0.25) is 9.78 Å².